The largest absolute Gasteiger partial charge is 0.381 e. The Bertz CT molecular complexity index is 234. The smallest absolute Gasteiger partial charge is 0.0589 e. The van der Waals surface area contributed by atoms with Gasteiger partial charge in [0.1, 0.15) is 0 Å². The van der Waals surface area contributed by atoms with Gasteiger partial charge in [0.25, 0.3) is 0 Å². The Morgan fingerprint density at radius 1 is 0.696 bits per heavy atom. The quantitative estimate of drug-likeness (QED) is 0.218. The predicted molar refractivity (Wildman–Crippen MR) is 110 cm³/mol. The van der Waals surface area contributed by atoms with Crippen LogP contribution in [-0.2, 0) is 4.74 Å². The van der Waals surface area contributed by atoms with Crippen LogP contribution in [0, 0.1) is 0 Å². The third-order valence-electron chi connectivity index (χ3n) is 5.07. The van der Waals surface area contributed by atoms with Gasteiger partial charge < -0.3 is 4.74 Å². The molecule has 0 aromatic rings. The molecule has 0 saturated carbocycles. The van der Waals surface area contributed by atoms with Crippen molar-refractivity contribution in [1.29, 1.82) is 0 Å². The molecule has 23 heavy (non-hydrogen) atoms. The van der Waals surface area contributed by atoms with Crippen molar-refractivity contribution in [3.63, 3.8) is 0 Å². The van der Waals surface area contributed by atoms with Crippen LogP contribution >= 0.6 is 0 Å². The summed E-state index contributed by atoms with van der Waals surface area (Å²) in [5.74, 6) is 0. The topological polar surface area (TPSA) is 9.23 Å². The molecule has 0 aliphatic carbocycles. The van der Waals surface area contributed by atoms with Crippen LogP contribution in [0.1, 0.15) is 117 Å². The van der Waals surface area contributed by atoms with Gasteiger partial charge in [0, 0.05) is 17.4 Å². The maximum Gasteiger partial charge on any atom is 0.0589 e. The summed E-state index contributed by atoms with van der Waals surface area (Å²) in [7, 11) is 3.10. The first-order valence-electron chi connectivity index (χ1n) is 10.5. The summed E-state index contributed by atoms with van der Waals surface area (Å²) >= 11 is 0. The summed E-state index contributed by atoms with van der Waals surface area (Å²) in [6, 6.07) is 0. The van der Waals surface area contributed by atoms with Gasteiger partial charge in [-0.1, -0.05) is 111 Å². The van der Waals surface area contributed by atoms with Gasteiger partial charge in [-0.3, -0.25) is 0 Å². The summed E-state index contributed by atoms with van der Waals surface area (Å²) in [6.45, 7) is 6.98. The van der Waals surface area contributed by atoms with E-state index in [9.17, 15) is 0 Å². The number of rotatable bonds is 17. The molecule has 0 rings (SSSR count). The molecule has 0 aliphatic rings. The van der Waals surface area contributed by atoms with Crippen LogP contribution in [0.15, 0.2) is 0 Å². The van der Waals surface area contributed by atoms with Gasteiger partial charge in [-0.25, -0.2) is 0 Å². The molecule has 1 atom stereocenters. The lowest BCUT2D eigenvalue weighted by molar-refractivity contribution is 0.0632. The normalized spacial score (nSPS) is 13.6. The van der Waals surface area contributed by atoms with Crippen LogP contribution in [-0.4, -0.2) is 23.5 Å². The highest BCUT2D eigenvalue weighted by atomic mass is 28.1. The summed E-state index contributed by atoms with van der Waals surface area (Å²) in [5.41, 5.74) is 0. The monoisotopic (exact) mass is 342 g/mol. The van der Waals surface area contributed by atoms with Crippen molar-refractivity contribution in [1.82, 2.24) is 0 Å². The fourth-order valence-electron chi connectivity index (χ4n) is 3.43. The molecule has 0 spiro atoms. The first-order chi connectivity index (χ1) is 11.0. The Labute approximate surface area is 150 Å². The summed E-state index contributed by atoms with van der Waals surface area (Å²) in [6.07, 6.45) is 21.9. The van der Waals surface area contributed by atoms with Gasteiger partial charge >= 0.3 is 0 Å². The zero-order valence-corrected chi connectivity index (χ0v) is 19.1. The molecule has 1 unspecified atom stereocenters. The Balaban J connectivity index is 3.22. The second-order valence-corrected chi connectivity index (χ2v) is 11.1. The predicted octanol–water partition coefficient (Wildman–Crippen LogP) is 6.44. The molecular weight excluding hydrogens is 296 g/mol. The van der Waals surface area contributed by atoms with Crippen molar-refractivity contribution in [3.8, 4) is 0 Å². The Hall–Kier alpha value is 0.177. The average Bonchev–Trinajstić information content (AvgIpc) is 2.50. The number of methoxy groups -OCH3 is 1. The molecule has 0 bridgehead atoms. The molecule has 0 aromatic carbocycles. The van der Waals surface area contributed by atoms with Crippen molar-refractivity contribution in [2.75, 3.05) is 7.11 Å². The van der Waals surface area contributed by atoms with E-state index in [4.69, 9.17) is 4.74 Å². The number of ether oxygens (including phenoxy) is 1. The molecule has 0 aromatic heterocycles. The van der Waals surface area contributed by atoms with Gasteiger partial charge in [0.15, 0.2) is 0 Å². The van der Waals surface area contributed by atoms with Gasteiger partial charge in [-0.05, 0) is 11.5 Å². The molecule has 0 aliphatic heterocycles. The van der Waals surface area contributed by atoms with Crippen LogP contribution in [0.5, 0.6) is 0 Å². The number of hydrogen-bond donors (Lipinski definition) is 0. The highest BCUT2D eigenvalue weighted by Gasteiger charge is 2.23. The molecule has 0 saturated heterocycles. The standard InChI is InChI=1S/C21H46OSi/c1-5-6-7-8-9-10-11-12-13-14-15-16-17-18-19-20(22-4)21(2,3)23/h20H,5-19H2,1-4,23H3. The molecular formula is C21H46OSi. The summed E-state index contributed by atoms with van der Waals surface area (Å²) < 4.78 is 5.66. The van der Waals surface area contributed by atoms with E-state index in [0.717, 1.165) is 0 Å². The molecule has 0 radical (unpaired) electrons. The second kappa shape index (κ2) is 15.7. The van der Waals surface area contributed by atoms with Gasteiger partial charge in [-0.15, -0.1) is 0 Å². The Morgan fingerprint density at radius 2 is 1.04 bits per heavy atom. The SMILES string of the molecule is CCCCCCCCCCCCCCCCC(OC)C(C)(C)[SiH3]. The third kappa shape index (κ3) is 15.4. The van der Waals surface area contributed by atoms with Crippen LogP contribution < -0.4 is 0 Å². The minimum atomic E-state index is 0.422. The van der Waals surface area contributed by atoms with Gasteiger partial charge in [-0.2, -0.15) is 0 Å². The molecule has 0 N–H and O–H groups in total. The third-order valence-corrected chi connectivity index (χ3v) is 5.71. The maximum atomic E-state index is 5.66. The fraction of sp³-hybridized carbons (Fsp3) is 1.00. The average molecular weight is 343 g/mol. The van der Waals surface area contributed by atoms with Crippen molar-refractivity contribution in [3.05, 3.63) is 0 Å². The van der Waals surface area contributed by atoms with Crippen LogP contribution in [0.2, 0.25) is 5.04 Å². The Morgan fingerprint density at radius 3 is 1.35 bits per heavy atom. The Kier molecular flexibility index (Phi) is 15.8. The van der Waals surface area contributed by atoms with E-state index in [2.05, 4.69) is 20.8 Å². The molecule has 2 heteroatoms. The highest BCUT2D eigenvalue weighted by Crippen LogP contribution is 2.30. The minimum absolute atomic E-state index is 0.422. The van der Waals surface area contributed by atoms with Crippen molar-refractivity contribution in [2.45, 2.75) is 128 Å². The van der Waals surface area contributed by atoms with Gasteiger partial charge in [0.05, 0.1) is 6.10 Å². The van der Waals surface area contributed by atoms with Crippen LogP contribution in [0.25, 0.3) is 0 Å². The molecule has 1 nitrogen and oxygen atoms in total. The lowest BCUT2D eigenvalue weighted by atomic mass is 9.98. The number of hydrogen-bond acceptors (Lipinski definition) is 1. The first-order valence-corrected chi connectivity index (χ1v) is 11.5. The highest BCUT2D eigenvalue weighted by molar-refractivity contribution is 6.15. The lowest BCUT2D eigenvalue weighted by Gasteiger charge is -2.29. The first kappa shape index (κ1) is 23.2. The van der Waals surface area contributed by atoms with E-state index in [0.29, 0.717) is 11.1 Å². The van der Waals surface area contributed by atoms with E-state index in [1.807, 2.05) is 7.11 Å². The molecule has 140 valence electrons. The van der Waals surface area contributed by atoms with E-state index in [1.165, 1.54) is 107 Å². The summed E-state index contributed by atoms with van der Waals surface area (Å²) in [5, 5.41) is 0.422. The van der Waals surface area contributed by atoms with E-state index >= 15 is 0 Å². The molecule has 0 fully saturated rings. The van der Waals surface area contributed by atoms with Crippen molar-refractivity contribution >= 4 is 10.2 Å². The summed E-state index contributed by atoms with van der Waals surface area (Å²) in [4.78, 5) is 0. The van der Waals surface area contributed by atoms with Gasteiger partial charge in [0.2, 0.25) is 0 Å². The minimum Gasteiger partial charge on any atom is -0.381 e. The van der Waals surface area contributed by atoms with Crippen LogP contribution in [0.3, 0.4) is 0 Å². The lowest BCUT2D eigenvalue weighted by Crippen LogP contribution is -2.25. The van der Waals surface area contributed by atoms with Crippen LogP contribution in [0.4, 0.5) is 0 Å². The second-order valence-electron chi connectivity index (χ2n) is 8.48. The molecule has 0 amide bonds. The molecule has 0 heterocycles. The number of unbranched alkanes of at least 4 members (excludes halogenated alkanes) is 13. The van der Waals surface area contributed by atoms with Crippen molar-refractivity contribution < 1.29 is 4.74 Å². The zero-order valence-electron chi connectivity index (χ0n) is 17.1. The van der Waals surface area contributed by atoms with Crippen molar-refractivity contribution in [2.24, 2.45) is 0 Å². The maximum absolute atomic E-state index is 5.66. The van der Waals surface area contributed by atoms with E-state index < -0.39 is 0 Å². The fourth-order valence-corrected chi connectivity index (χ4v) is 3.95. The zero-order chi connectivity index (χ0) is 17.4. The van der Waals surface area contributed by atoms with E-state index in [-0.39, 0.29) is 0 Å². The van der Waals surface area contributed by atoms with E-state index in [1.54, 1.807) is 0 Å².